The summed E-state index contributed by atoms with van der Waals surface area (Å²) in [5, 5.41) is 8.26. The molecule has 1 aliphatic heterocycles. The average molecular weight is 559 g/mol. The summed E-state index contributed by atoms with van der Waals surface area (Å²) < 4.78 is 54.9. The summed E-state index contributed by atoms with van der Waals surface area (Å²) in [6, 6.07) is 6.85. The average Bonchev–Trinajstić information content (AvgIpc) is 3.28. The number of nitrogens with zero attached hydrogens (tertiary/aromatic N) is 3. The number of nitrogens with one attached hydrogen (secondary N) is 3. The van der Waals surface area contributed by atoms with Gasteiger partial charge in [-0.25, -0.2) is 9.37 Å². The van der Waals surface area contributed by atoms with E-state index in [4.69, 9.17) is 0 Å². The van der Waals surface area contributed by atoms with Gasteiger partial charge in [0.1, 0.15) is 17.9 Å². The molecule has 0 bridgehead atoms. The Morgan fingerprint density at radius 1 is 1.18 bits per heavy atom. The Balaban J connectivity index is 1.59. The van der Waals surface area contributed by atoms with E-state index in [1.165, 1.54) is 31.3 Å². The van der Waals surface area contributed by atoms with E-state index in [-0.39, 0.29) is 46.4 Å². The standard InChI is InChI=1S/C28H30F4N6O2/c1-17-14-37(3)10-8-22(17)36-27(40)20-11-18(12-24-25(20)35-16-38(24)15-28(30,31)32)5-4-9-34-23-7-6-19(13-21(23)29)26(39)33-2/h6-7,11-13,16-17,22,34H,8-10,14-15H2,1-3H3,(H,33,39)(H,36,40)/t17-,22-/m0/s1. The quantitative estimate of drug-likeness (QED) is 0.318. The SMILES string of the molecule is CNC(=O)c1ccc(NCC#Cc2cc(C(=O)N[C@H]3CCN(C)C[C@@H]3C)c3ncn(CC(F)(F)F)c3c2)c(F)c1. The number of rotatable bonds is 6. The van der Waals surface area contributed by atoms with Gasteiger partial charge in [0.15, 0.2) is 0 Å². The molecule has 2 atom stereocenters. The Bertz CT molecular complexity index is 1470. The molecule has 0 spiro atoms. The van der Waals surface area contributed by atoms with Gasteiger partial charge in [0, 0.05) is 30.8 Å². The van der Waals surface area contributed by atoms with E-state index < -0.39 is 30.4 Å². The first-order valence-corrected chi connectivity index (χ1v) is 12.7. The minimum absolute atomic E-state index is 0.00469. The van der Waals surface area contributed by atoms with Crippen molar-refractivity contribution in [2.75, 3.05) is 39.0 Å². The van der Waals surface area contributed by atoms with Gasteiger partial charge in [0.25, 0.3) is 11.8 Å². The third-order valence-corrected chi connectivity index (χ3v) is 6.80. The third kappa shape index (κ3) is 6.90. The van der Waals surface area contributed by atoms with Crippen LogP contribution in [0.15, 0.2) is 36.7 Å². The Labute approximate surface area is 229 Å². The molecule has 4 rings (SSSR count). The maximum atomic E-state index is 14.4. The molecule has 2 aromatic carbocycles. The Hall–Kier alpha value is -4.11. The zero-order valence-corrected chi connectivity index (χ0v) is 22.3. The highest BCUT2D eigenvalue weighted by Gasteiger charge is 2.30. The second-order valence-electron chi connectivity index (χ2n) is 9.92. The van der Waals surface area contributed by atoms with Crippen LogP contribution in [0.5, 0.6) is 0 Å². The second kappa shape index (κ2) is 12.0. The van der Waals surface area contributed by atoms with Gasteiger partial charge in [-0.2, -0.15) is 13.2 Å². The zero-order chi connectivity index (χ0) is 29.0. The topological polar surface area (TPSA) is 91.3 Å². The summed E-state index contributed by atoms with van der Waals surface area (Å²) in [4.78, 5) is 31.3. The fraction of sp³-hybridized carbons (Fsp3) is 0.393. The third-order valence-electron chi connectivity index (χ3n) is 6.80. The van der Waals surface area contributed by atoms with E-state index in [2.05, 4.69) is 37.7 Å². The number of halogens is 4. The van der Waals surface area contributed by atoms with Crippen molar-refractivity contribution in [3.63, 3.8) is 0 Å². The first-order valence-electron chi connectivity index (χ1n) is 12.7. The van der Waals surface area contributed by atoms with Gasteiger partial charge in [0.2, 0.25) is 0 Å². The van der Waals surface area contributed by atoms with Crippen molar-refractivity contribution in [2.24, 2.45) is 5.92 Å². The predicted molar refractivity (Wildman–Crippen MR) is 143 cm³/mol. The monoisotopic (exact) mass is 558 g/mol. The maximum Gasteiger partial charge on any atom is 0.406 e. The minimum atomic E-state index is -4.48. The molecule has 0 aliphatic carbocycles. The Kier molecular flexibility index (Phi) is 8.64. The number of carbonyl (C=O) groups is 2. The molecule has 0 radical (unpaired) electrons. The van der Waals surface area contributed by atoms with Crippen molar-refractivity contribution in [1.29, 1.82) is 0 Å². The van der Waals surface area contributed by atoms with Gasteiger partial charge in [-0.15, -0.1) is 0 Å². The fourth-order valence-electron chi connectivity index (χ4n) is 4.77. The van der Waals surface area contributed by atoms with Gasteiger partial charge in [-0.3, -0.25) is 9.59 Å². The van der Waals surface area contributed by atoms with E-state index in [1.54, 1.807) is 0 Å². The van der Waals surface area contributed by atoms with Crippen LogP contribution in [0.3, 0.4) is 0 Å². The van der Waals surface area contributed by atoms with Crippen LogP contribution in [0.4, 0.5) is 23.2 Å². The number of amides is 2. The lowest BCUT2D eigenvalue weighted by Crippen LogP contribution is -2.48. The van der Waals surface area contributed by atoms with Crippen molar-refractivity contribution in [3.8, 4) is 11.8 Å². The summed E-state index contributed by atoms with van der Waals surface area (Å²) in [6.45, 7) is 2.41. The lowest BCUT2D eigenvalue weighted by atomic mass is 9.93. The van der Waals surface area contributed by atoms with Crippen LogP contribution in [0.1, 0.15) is 39.6 Å². The van der Waals surface area contributed by atoms with E-state index in [0.29, 0.717) is 5.56 Å². The highest BCUT2D eigenvalue weighted by atomic mass is 19.4. The summed E-state index contributed by atoms with van der Waals surface area (Å²) in [5.74, 6) is 4.37. The van der Waals surface area contributed by atoms with Crippen LogP contribution in [0.2, 0.25) is 0 Å². The molecule has 12 heteroatoms. The molecular weight excluding hydrogens is 528 g/mol. The minimum Gasteiger partial charge on any atom is -0.372 e. The van der Waals surface area contributed by atoms with E-state index >= 15 is 0 Å². The molecule has 8 nitrogen and oxygen atoms in total. The summed E-state index contributed by atoms with van der Waals surface area (Å²) in [5.41, 5.74) is 1.04. The van der Waals surface area contributed by atoms with Crippen molar-refractivity contribution in [2.45, 2.75) is 32.1 Å². The molecule has 1 saturated heterocycles. The lowest BCUT2D eigenvalue weighted by molar-refractivity contribution is -0.139. The van der Waals surface area contributed by atoms with Crippen LogP contribution in [-0.4, -0.2) is 72.2 Å². The first-order chi connectivity index (χ1) is 18.9. The van der Waals surface area contributed by atoms with Gasteiger partial charge >= 0.3 is 6.18 Å². The molecule has 1 aromatic heterocycles. The highest BCUT2D eigenvalue weighted by molar-refractivity contribution is 6.05. The Morgan fingerprint density at radius 2 is 1.95 bits per heavy atom. The number of benzene rings is 2. The number of hydrogen-bond donors (Lipinski definition) is 3. The number of alkyl halides is 3. The summed E-state index contributed by atoms with van der Waals surface area (Å²) in [7, 11) is 3.45. The molecule has 3 aromatic rings. The number of imidazole rings is 1. The molecule has 3 N–H and O–H groups in total. The van der Waals surface area contributed by atoms with Crippen LogP contribution >= 0.6 is 0 Å². The number of fused-ring (bicyclic) bond motifs is 1. The zero-order valence-electron chi connectivity index (χ0n) is 22.3. The summed E-state index contributed by atoms with van der Waals surface area (Å²) in [6.07, 6.45) is -2.67. The molecule has 1 fully saturated rings. The van der Waals surface area contributed by atoms with Crippen molar-refractivity contribution < 1.29 is 27.2 Å². The van der Waals surface area contributed by atoms with Gasteiger partial charge in [0.05, 0.1) is 29.6 Å². The normalized spacial score (nSPS) is 17.7. The van der Waals surface area contributed by atoms with E-state index in [9.17, 15) is 27.2 Å². The molecule has 2 amide bonds. The summed E-state index contributed by atoms with van der Waals surface area (Å²) >= 11 is 0. The number of anilines is 1. The molecule has 0 unspecified atom stereocenters. The number of likely N-dealkylation sites (tertiary alicyclic amines) is 1. The molecule has 2 heterocycles. The van der Waals surface area contributed by atoms with Crippen LogP contribution in [0.25, 0.3) is 11.0 Å². The molecule has 1 aliphatic rings. The smallest absolute Gasteiger partial charge is 0.372 e. The highest BCUT2D eigenvalue weighted by Crippen LogP contribution is 2.25. The maximum absolute atomic E-state index is 14.4. The molecular formula is C28H30F4N6O2. The van der Waals surface area contributed by atoms with Crippen LogP contribution in [0, 0.1) is 23.6 Å². The first kappa shape index (κ1) is 28.9. The lowest BCUT2D eigenvalue weighted by Gasteiger charge is -2.35. The van der Waals surface area contributed by atoms with E-state index in [0.717, 1.165) is 36.5 Å². The molecule has 0 saturated carbocycles. The number of carbonyl (C=O) groups excluding carboxylic acids is 2. The van der Waals surface area contributed by atoms with Crippen molar-refractivity contribution in [3.05, 3.63) is 59.2 Å². The second-order valence-corrected chi connectivity index (χ2v) is 9.92. The number of piperidine rings is 1. The molecule has 40 heavy (non-hydrogen) atoms. The number of aromatic nitrogens is 2. The molecule has 212 valence electrons. The van der Waals surface area contributed by atoms with E-state index in [1.807, 2.05) is 14.0 Å². The largest absolute Gasteiger partial charge is 0.406 e. The fourth-order valence-corrected chi connectivity index (χ4v) is 4.77. The van der Waals surface area contributed by atoms with Crippen molar-refractivity contribution in [1.82, 2.24) is 25.1 Å². The van der Waals surface area contributed by atoms with Gasteiger partial charge in [-0.05, 0) is 56.3 Å². The predicted octanol–water partition coefficient (Wildman–Crippen LogP) is 3.63. The number of hydrogen-bond acceptors (Lipinski definition) is 5. The van der Waals surface area contributed by atoms with Crippen LogP contribution < -0.4 is 16.0 Å². The van der Waals surface area contributed by atoms with Gasteiger partial charge < -0.3 is 25.4 Å². The van der Waals surface area contributed by atoms with Gasteiger partial charge in [-0.1, -0.05) is 18.8 Å². The van der Waals surface area contributed by atoms with Crippen LogP contribution in [-0.2, 0) is 6.54 Å². The van der Waals surface area contributed by atoms with Crippen molar-refractivity contribution >= 4 is 28.5 Å². The Morgan fingerprint density at radius 3 is 2.62 bits per heavy atom.